The molecule has 5 rings (SSSR count). The van der Waals surface area contributed by atoms with Gasteiger partial charge in [-0.15, -0.1) is 0 Å². The Bertz CT molecular complexity index is 835. The van der Waals surface area contributed by atoms with Crippen molar-refractivity contribution in [1.82, 2.24) is 0 Å². The molecule has 3 aliphatic heterocycles. The number of hydrogen-bond acceptors (Lipinski definition) is 4. The van der Waals surface area contributed by atoms with E-state index in [-0.39, 0.29) is 22.7 Å². The van der Waals surface area contributed by atoms with E-state index in [0.29, 0.717) is 6.42 Å². The molecular formula is C24H36O4Si. The number of aliphatic hydroxyl groups excluding tert-OH is 1. The molecule has 4 nitrogen and oxygen atoms in total. The Morgan fingerprint density at radius 2 is 1.76 bits per heavy atom. The van der Waals surface area contributed by atoms with Gasteiger partial charge in [-0.2, -0.15) is 0 Å². The molecule has 1 spiro atoms. The van der Waals surface area contributed by atoms with Crippen LogP contribution in [0.25, 0.3) is 0 Å². The van der Waals surface area contributed by atoms with Crippen molar-refractivity contribution >= 4 is 8.32 Å². The number of fused-ring (bicyclic) bond motifs is 3. The Labute approximate surface area is 176 Å². The monoisotopic (exact) mass is 416 g/mol. The van der Waals surface area contributed by atoms with Gasteiger partial charge in [-0.1, -0.05) is 51.1 Å². The quantitative estimate of drug-likeness (QED) is 0.570. The largest absolute Gasteiger partial charge is 0.411 e. The lowest BCUT2D eigenvalue weighted by Gasteiger charge is -2.51. The fourth-order valence-electron chi connectivity index (χ4n) is 6.45. The van der Waals surface area contributed by atoms with Gasteiger partial charge in [-0.3, -0.25) is 0 Å². The van der Waals surface area contributed by atoms with Crippen molar-refractivity contribution in [2.45, 2.75) is 107 Å². The second-order valence-electron chi connectivity index (χ2n) is 11.7. The van der Waals surface area contributed by atoms with Crippen LogP contribution in [0.1, 0.15) is 59.4 Å². The summed E-state index contributed by atoms with van der Waals surface area (Å²) in [7, 11) is -2.01. The van der Waals surface area contributed by atoms with Gasteiger partial charge in [-0.25, -0.2) is 0 Å². The van der Waals surface area contributed by atoms with Crippen LogP contribution < -0.4 is 0 Å². The standard InChI is InChI=1S/C24H36O4Si/c1-20(2,3)29(6,7)26-18-15-23(16-11-9-8-10-12-16)19(25)24-17(22(18,5)28-23)13-14-21(24,4)27-24/h8-12,17-19,25H,13-15H2,1-7H3/t17-,18+,19+,21+,22-,23+,24?/m0/s1. The Morgan fingerprint density at radius 1 is 1.10 bits per heavy atom. The van der Waals surface area contributed by atoms with Crippen molar-refractivity contribution < 1.29 is 19.0 Å². The number of aliphatic hydroxyl groups is 1. The number of epoxide rings is 1. The third-order valence-electron chi connectivity index (χ3n) is 9.18. The topological polar surface area (TPSA) is 51.2 Å². The molecule has 1 aromatic rings. The minimum absolute atomic E-state index is 0.0471. The maximum Gasteiger partial charge on any atom is 0.192 e. The van der Waals surface area contributed by atoms with E-state index in [1.807, 2.05) is 18.2 Å². The minimum atomic E-state index is -2.01. The van der Waals surface area contributed by atoms with Gasteiger partial charge in [-0.05, 0) is 50.4 Å². The van der Waals surface area contributed by atoms with Crippen molar-refractivity contribution in [3.63, 3.8) is 0 Å². The lowest BCUT2D eigenvalue weighted by atomic mass is 9.70. The van der Waals surface area contributed by atoms with E-state index < -0.39 is 31.2 Å². The van der Waals surface area contributed by atoms with E-state index in [2.05, 4.69) is 59.8 Å². The summed E-state index contributed by atoms with van der Waals surface area (Å²) in [5, 5.41) is 12.0. The van der Waals surface area contributed by atoms with Crippen molar-refractivity contribution in [1.29, 1.82) is 0 Å². The van der Waals surface area contributed by atoms with Crippen LogP contribution in [0.15, 0.2) is 30.3 Å². The number of rotatable bonds is 3. The van der Waals surface area contributed by atoms with E-state index >= 15 is 0 Å². The molecule has 29 heavy (non-hydrogen) atoms. The summed E-state index contributed by atoms with van der Waals surface area (Å²) in [6.07, 6.45) is 1.95. The molecule has 1 aromatic carbocycles. The summed E-state index contributed by atoms with van der Waals surface area (Å²) < 4.78 is 20.4. The number of benzene rings is 1. The molecular weight excluding hydrogens is 380 g/mol. The highest BCUT2D eigenvalue weighted by atomic mass is 28.4. The molecule has 1 aliphatic carbocycles. The van der Waals surface area contributed by atoms with Gasteiger partial charge in [0.2, 0.25) is 0 Å². The fourth-order valence-corrected chi connectivity index (χ4v) is 7.83. The normalized spacial score (nSPS) is 48.3. The van der Waals surface area contributed by atoms with Crippen molar-refractivity contribution in [3.8, 4) is 0 Å². The predicted octanol–water partition coefficient (Wildman–Crippen LogP) is 4.76. The molecule has 0 aromatic heterocycles. The highest BCUT2D eigenvalue weighted by Gasteiger charge is 2.88. The van der Waals surface area contributed by atoms with E-state index in [9.17, 15) is 5.11 Å². The summed E-state index contributed by atoms with van der Waals surface area (Å²) >= 11 is 0. The van der Waals surface area contributed by atoms with Crippen LogP contribution in [-0.2, 0) is 19.5 Å². The molecule has 160 valence electrons. The molecule has 3 saturated heterocycles. The van der Waals surface area contributed by atoms with Crippen LogP contribution in [0.4, 0.5) is 0 Å². The molecule has 4 fully saturated rings. The Hall–Kier alpha value is -0.723. The average molecular weight is 417 g/mol. The molecule has 1 saturated carbocycles. The zero-order valence-electron chi connectivity index (χ0n) is 18.9. The number of ether oxygens (including phenoxy) is 2. The van der Waals surface area contributed by atoms with Gasteiger partial charge >= 0.3 is 0 Å². The third kappa shape index (κ3) is 2.29. The molecule has 1 unspecified atom stereocenters. The lowest BCUT2D eigenvalue weighted by Crippen LogP contribution is -2.63. The molecule has 2 bridgehead atoms. The van der Waals surface area contributed by atoms with Crippen LogP contribution in [0.2, 0.25) is 18.1 Å². The van der Waals surface area contributed by atoms with Crippen molar-refractivity contribution in [2.75, 3.05) is 0 Å². The first kappa shape index (κ1) is 20.2. The zero-order valence-corrected chi connectivity index (χ0v) is 19.9. The average Bonchev–Trinajstić information content (AvgIpc) is 2.97. The Morgan fingerprint density at radius 3 is 2.34 bits per heavy atom. The first-order valence-electron chi connectivity index (χ1n) is 11.1. The van der Waals surface area contributed by atoms with Gasteiger partial charge in [0.05, 0.1) is 17.3 Å². The van der Waals surface area contributed by atoms with Crippen LogP contribution in [-0.4, -0.2) is 42.4 Å². The van der Waals surface area contributed by atoms with E-state index in [1.165, 1.54) is 0 Å². The second kappa shape index (κ2) is 5.55. The summed E-state index contributed by atoms with van der Waals surface area (Å²) in [6.45, 7) is 15.9. The van der Waals surface area contributed by atoms with E-state index in [1.54, 1.807) is 0 Å². The van der Waals surface area contributed by atoms with Crippen LogP contribution in [0.5, 0.6) is 0 Å². The minimum Gasteiger partial charge on any atom is -0.411 e. The lowest BCUT2D eigenvalue weighted by molar-refractivity contribution is -0.254. The summed E-state index contributed by atoms with van der Waals surface area (Å²) in [6, 6.07) is 10.3. The molecule has 3 heterocycles. The van der Waals surface area contributed by atoms with E-state index in [0.717, 1.165) is 18.4 Å². The smallest absolute Gasteiger partial charge is 0.192 e. The van der Waals surface area contributed by atoms with Gasteiger partial charge in [0.1, 0.15) is 17.3 Å². The maximum atomic E-state index is 11.8. The highest BCUT2D eigenvalue weighted by molar-refractivity contribution is 6.74. The van der Waals surface area contributed by atoms with Gasteiger partial charge < -0.3 is 19.0 Å². The maximum absolute atomic E-state index is 11.8. The van der Waals surface area contributed by atoms with Gasteiger partial charge in [0.25, 0.3) is 0 Å². The SMILES string of the molecule is CC(C)(C)[Si](C)(C)O[C@@H]1C[C@]2(c3ccccc3)O[C@@]1(C)[C@@H]1CC[C@@]3(C)OC13[C@@H]2O. The fraction of sp³-hybridized carbons (Fsp3) is 0.750. The van der Waals surface area contributed by atoms with Gasteiger partial charge in [0.15, 0.2) is 8.32 Å². The molecule has 7 atom stereocenters. The summed E-state index contributed by atoms with van der Waals surface area (Å²) in [4.78, 5) is 0. The van der Waals surface area contributed by atoms with Crippen molar-refractivity contribution in [3.05, 3.63) is 35.9 Å². The van der Waals surface area contributed by atoms with Crippen LogP contribution >= 0.6 is 0 Å². The Kier molecular flexibility index (Phi) is 3.86. The van der Waals surface area contributed by atoms with Crippen LogP contribution in [0, 0.1) is 5.92 Å². The molecule has 1 N–H and O–H groups in total. The second-order valence-corrected chi connectivity index (χ2v) is 16.5. The van der Waals surface area contributed by atoms with E-state index in [4.69, 9.17) is 13.9 Å². The zero-order chi connectivity index (χ0) is 21.1. The van der Waals surface area contributed by atoms with Gasteiger partial charge in [0, 0.05) is 12.3 Å². The summed E-state index contributed by atoms with van der Waals surface area (Å²) in [5.41, 5.74) is -0.951. The first-order chi connectivity index (χ1) is 13.3. The highest BCUT2D eigenvalue weighted by Crippen LogP contribution is 2.75. The molecule has 0 radical (unpaired) electrons. The molecule has 0 amide bonds. The van der Waals surface area contributed by atoms with Crippen LogP contribution in [0.3, 0.4) is 0 Å². The third-order valence-corrected chi connectivity index (χ3v) is 13.7. The Balaban J connectivity index is 1.63. The summed E-state index contributed by atoms with van der Waals surface area (Å²) in [5.74, 6) is 0.157. The molecule has 4 aliphatic rings. The number of hydrogen-bond donors (Lipinski definition) is 1. The predicted molar refractivity (Wildman–Crippen MR) is 115 cm³/mol. The molecule has 5 heteroatoms. The van der Waals surface area contributed by atoms with Crippen molar-refractivity contribution in [2.24, 2.45) is 5.92 Å². The first-order valence-corrected chi connectivity index (χ1v) is 14.1.